The second kappa shape index (κ2) is 8.92. The molecule has 2 N–H and O–H groups in total. The van der Waals surface area contributed by atoms with Gasteiger partial charge in [0.15, 0.2) is 17.3 Å². The Kier molecular flexibility index (Phi) is 6.16. The van der Waals surface area contributed by atoms with E-state index in [2.05, 4.69) is 9.98 Å². The Bertz CT molecular complexity index is 1200. The van der Waals surface area contributed by atoms with Crippen molar-refractivity contribution in [1.82, 2.24) is 14.8 Å². The van der Waals surface area contributed by atoms with Crippen molar-refractivity contribution in [3.63, 3.8) is 0 Å². The van der Waals surface area contributed by atoms with Crippen molar-refractivity contribution < 1.29 is 22.8 Å². The lowest BCUT2D eigenvalue weighted by molar-refractivity contribution is -0.132. The monoisotopic (exact) mass is 471 g/mol. The lowest BCUT2D eigenvalue weighted by Crippen LogP contribution is -2.46. The SMILES string of the molecule is CCC(=O)C1=CC([C@]2(c3cccc(-c4cccnc4F)c3)N=C(N)N(C)C2=O)CN1CC(F)F. The first-order valence-corrected chi connectivity index (χ1v) is 10.8. The number of likely N-dealkylation sites (N-methyl/N-ethyl adjacent to an activating group) is 1. The van der Waals surface area contributed by atoms with Gasteiger partial charge in [0.1, 0.15) is 0 Å². The van der Waals surface area contributed by atoms with Crippen LogP contribution in [0, 0.1) is 11.9 Å². The Labute approximate surface area is 194 Å². The van der Waals surface area contributed by atoms with Crippen molar-refractivity contribution in [1.29, 1.82) is 0 Å². The van der Waals surface area contributed by atoms with Crippen LogP contribution in [0.3, 0.4) is 0 Å². The molecule has 0 spiro atoms. The third kappa shape index (κ3) is 3.82. The fourth-order valence-corrected chi connectivity index (χ4v) is 4.56. The summed E-state index contributed by atoms with van der Waals surface area (Å²) in [4.78, 5) is 36.8. The number of ketones is 1. The minimum Gasteiger partial charge on any atom is -0.369 e. The number of allylic oxidation sites excluding steroid dienone is 1. The van der Waals surface area contributed by atoms with Crippen molar-refractivity contribution in [3.8, 4) is 11.1 Å². The largest absolute Gasteiger partial charge is 0.369 e. The fraction of sp³-hybridized carbons (Fsp3) is 0.333. The summed E-state index contributed by atoms with van der Waals surface area (Å²) in [5.41, 5.74) is 5.68. The molecule has 34 heavy (non-hydrogen) atoms. The van der Waals surface area contributed by atoms with E-state index in [0.717, 1.165) is 0 Å². The second-order valence-corrected chi connectivity index (χ2v) is 8.25. The molecule has 0 saturated heterocycles. The van der Waals surface area contributed by atoms with Gasteiger partial charge in [-0.15, -0.1) is 0 Å². The number of benzene rings is 1. The van der Waals surface area contributed by atoms with Gasteiger partial charge in [0.2, 0.25) is 5.95 Å². The number of carbonyl (C=O) groups is 2. The minimum absolute atomic E-state index is 0.0206. The van der Waals surface area contributed by atoms with Crippen LogP contribution in [-0.2, 0) is 15.1 Å². The molecule has 1 unspecified atom stereocenters. The van der Waals surface area contributed by atoms with Crippen LogP contribution in [0.4, 0.5) is 13.2 Å². The summed E-state index contributed by atoms with van der Waals surface area (Å²) in [6, 6.07) is 9.77. The van der Waals surface area contributed by atoms with E-state index in [-0.39, 0.29) is 36.0 Å². The van der Waals surface area contributed by atoms with E-state index < -0.39 is 36.3 Å². The summed E-state index contributed by atoms with van der Waals surface area (Å²) in [7, 11) is 1.47. The molecule has 0 fully saturated rings. The van der Waals surface area contributed by atoms with E-state index in [4.69, 9.17) is 5.73 Å². The molecule has 1 aromatic heterocycles. The van der Waals surface area contributed by atoms with Crippen molar-refractivity contribution in [2.75, 3.05) is 20.1 Å². The highest BCUT2D eigenvalue weighted by molar-refractivity contribution is 6.07. The highest BCUT2D eigenvalue weighted by atomic mass is 19.3. The van der Waals surface area contributed by atoms with Crippen LogP contribution >= 0.6 is 0 Å². The fourth-order valence-electron chi connectivity index (χ4n) is 4.56. The number of alkyl halides is 2. The van der Waals surface area contributed by atoms with Gasteiger partial charge < -0.3 is 10.6 Å². The average molecular weight is 471 g/mol. The lowest BCUT2D eigenvalue weighted by atomic mass is 9.77. The number of aromatic nitrogens is 1. The number of Topliss-reactive ketones (excluding diaryl/α,β-unsaturated/α-hetero) is 1. The van der Waals surface area contributed by atoms with E-state index in [1.54, 1.807) is 49.4 Å². The summed E-state index contributed by atoms with van der Waals surface area (Å²) in [5.74, 6) is -2.22. The van der Waals surface area contributed by atoms with Crippen molar-refractivity contribution in [2.45, 2.75) is 25.3 Å². The van der Waals surface area contributed by atoms with E-state index in [0.29, 0.717) is 11.1 Å². The van der Waals surface area contributed by atoms with E-state index in [9.17, 15) is 22.8 Å². The van der Waals surface area contributed by atoms with Crippen LogP contribution < -0.4 is 5.73 Å². The number of carbonyl (C=O) groups excluding carboxylic acids is 2. The number of rotatable bonds is 7. The van der Waals surface area contributed by atoms with Crippen LogP contribution in [0.1, 0.15) is 18.9 Å². The van der Waals surface area contributed by atoms with Gasteiger partial charge >= 0.3 is 0 Å². The molecular formula is C24H24F3N5O2. The number of aliphatic imine (C=N–C) groups is 1. The van der Waals surface area contributed by atoms with Crippen LogP contribution in [0.5, 0.6) is 0 Å². The zero-order valence-corrected chi connectivity index (χ0v) is 18.7. The topological polar surface area (TPSA) is 91.9 Å². The van der Waals surface area contributed by atoms with Crippen LogP contribution in [0.2, 0.25) is 0 Å². The first-order chi connectivity index (χ1) is 16.2. The maximum absolute atomic E-state index is 14.4. The van der Waals surface area contributed by atoms with Gasteiger partial charge in [0.05, 0.1) is 12.2 Å². The molecule has 2 aliphatic heterocycles. The molecule has 7 nitrogen and oxygen atoms in total. The molecule has 0 radical (unpaired) electrons. The number of guanidine groups is 1. The molecule has 2 atom stereocenters. The summed E-state index contributed by atoms with van der Waals surface area (Å²) >= 11 is 0. The molecule has 3 heterocycles. The smallest absolute Gasteiger partial charge is 0.262 e. The first kappa shape index (κ1) is 23.5. The summed E-state index contributed by atoms with van der Waals surface area (Å²) in [6.07, 6.45) is 0.326. The maximum Gasteiger partial charge on any atom is 0.262 e. The molecule has 0 saturated carbocycles. The lowest BCUT2D eigenvalue weighted by Gasteiger charge is -2.32. The van der Waals surface area contributed by atoms with Crippen LogP contribution in [-0.4, -0.2) is 59.0 Å². The quantitative estimate of drug-likeness (QED) is 0.627. The number of amides is 1. The van der Waals surface area contributed by atoms with Gasteiger partial charge in [-0.1, -0.05) is 25.1 Å². The molecule has 2 aromatic rings. The zero-order chi connectivity index (χ0) is 24.6. The van der Waals surface area contributed by atoms with Crippen LogP contribution in [0.25, 0.3) is 11.1 Å². The standard InChI is InChI=1S/C24H24F3N5O2/c1-3-19(33)18-11-16(12-32(18)13-20(25)26)24(22(34)31(2)23(28)30-24)15-7-4-6-14(10-15)17-8-5-9-29-21(17)27/h4-11,16,20H,3,12-13H2,1-2H3,(H2,28,30)/t16?,24-/m0/s1. The number of hydrogen-bond acceptors (Lipinski definition) is 6. The predicted octanol–water partition coefficient (Wildman–Crippen LogP) is 2.93. The molecule has 2 aliphatic rings. The minimum atomic E-state index is -2.67. The molecule has 1 aromatic carbocycles. The normalized spacial score (nSPS) is 22.4. The molecular weight excluding hydrogens is 447 g/mol. The van der Waals surface area contributed by atoms with Gasteiger partial charge in [-0.05, 0) is 35.4 Å². The highest BCUT2D eigenvalue weighted by Crippen LogP contribution is 2.45. The second-order valence-electron chi connectivity index (χ2n) is 8.25. The van der Waals surface area contributed by atoms with E-state index in [1.807, 2.05) is 0 Å². The highest BCUT2D eigenvalue weighted by Gasteiger charge is 2.55. The average Bonchev–Trinajstić information content (AvgIpc) is 3.33. The Morgan fingerprint density at radius 3 is 2.68 bits per heavy atom. The number of nitrogens with two attached hydrogens (primary N) is 1. The number of hydrogen-bond donors (Lipinski definition) is 1. The van der Waals surface area contributed by atoms with Gasteiger partial charge in [0.25, 0.3) is 12.3 Å². The van der Waals surface area contributed by atoms with Crippen LogP contribution in [0.15, 0.2) is 59.4 Å². The summed E-state index contributed by atoms with van der Waals surface area (Å²) < 4.78 is 40.9. The van der Waals surface area contributed by atoms with Gasteiger partial charge in [-0.25, -0.2) is 18.8 Å². The Hall–Kier alpha value is -3.69. The summed E-state index contributed by atoms with van der Waals surface area (Å²) in [5, 5.41) is 0. The Morgan fingerprint density at radius 1 is 1.29 bits per heavy atom. The van der Waals surface area contributed by atoms with Gasteiger partial charge in [0, 0.05) is 37.7 Å². The predicted molar refractivity (Wildman–Crippen MR) is 120 cm³/mol. The molecule has 10 heteroatoms. The Morgan fingerprint density at radius 2 is 2.06 bits per heavy atom. The van der Waals surface area contributed by atoms with Crippen molar-refractivity contribution >= 4 is 17.6 Å². The maximum atomic E-state index is 14.4. The third-order valence-corrected chi connectivity index (χ3v) is 6.26. The van der Waals surface area contributed by atoms with Crippen molar-refractivity contribution in [3.05, 3.63) is 65.9 Å². The van der Waals surface area contributed by atoms with Gasteiger partial charge in [-0.2, -0.15) is 4.39 Å². The van der Waals surface area contributed by atoms with E-state index >= 15 is 0 Å². The molecule has 0 bridgehead atoms. The molecule has 178 valence electrons. The number of nitrogens with zero attached hydrogens (tertiary/aromatic N) is 4. The first-order valence-electron chi connectivity index (χ1n) is 10.8. The third-order valence-electron chi connectivity index (χ3n) is 6.26. The van der Waals surface area contributed by atoms with Crippen molar-refractivity contribution in [2.24, 2.45) is 16.6 Å². The number of pyridine rings is 1. The van der Waals surface area contributed by atoms with Gasteiger partial charge in [-0.3, -0.25) is 14.5 Å². The molecule has 0 aliphatic carbocycles. The summed E-state index contributed by atoms with van der Waals surface area (Å²) in [6.45, 7) is 0.977. The Balaban J connectivity index is 1.87. The zero-order valence-electron chi connectivity index (χ0n) is 18.7. The molecule has 1 amide bonds. The number of halogens is 3. The molecule has 4 rings (SSSR count). The van der Waals surface area contributed by atoms with E-state index in [1.165, 1.54) is 23.0 Å².